The molecule has 0 N–H and O–H groups in total. The molecule has 0 spiro atoms. The minimum atomic E-state index is -3.52. The number of rotatable bonds is 4. The Bertz CT molecular complexity index is 699. The summed E-state index contributed by atoms with van der Waals surface area (Å²) in [5.74, 6) is 0.414. The molecule has 2 aromatic rings. The lowest BCUT2D eigenvalue weighted by Gasteiger charge is -2.05. The third-order valence-corrected chi connectivity index (χ3v) is 3.34. The molecule has 0 unspecified atom stereocenters. The minimum Gasteiger partial charge on any atom is -0.482 e. The monoisotopic (exact) mass is 322 g/mol. The molecule has 0 aliphatic rings. The second-order valence-corrected chi connectivity index (χ2v) is 6.33. The smallest absolute Gasteiger partial charge is 0.335 e. The summed E-state index contributed by atoms with van der Waals surface area (Å²) in [7, 11) is -3.52. The fourth-order valence-corrected chi connectivity index (χ4v) is 2.08. The van der Waals surface area contributed by atoms with Crippen molar-refractivity contribution in [1.82, 2.24) is 10.2 Å². The maximum atomic E-state index is 11.1. The summed E-state index contributed by atoms with van der Waals surface area (Å²) >= 11 is 11.6. The molecule has 0 radical (unpaired) electrons. The van der Waals surface area contributed by atoms with Crippen molar-refractivity contribution in [2.75, 3.05) is 6.26 Å². The molecule has 9 heteroatoms. The van der Waals surface area contributed by atoms with E-state index in [1.807, 2.05) is 0 Å². The highest BCUT2D eigenvalue weighted by atomic mass is 35.5. The van der Waals surface area contributed by atoms with E-state index in [1.54, 1.807) is 12.1 Å². The lowest BCUT2D eigenvalue weighted by molar-refractivity contribution is 0.250. The van der Waals surface area contributed by atoms with Gasteiger partial charge in [-0.1, -0.05) is 28.3 Å². The maximum absolute atomic E-state index is 11.1. The number of benzene rings is 1. The van der Waals surface area contributed by atoms with Crippen LogP contribution >= 0.6 is 23.2 Å². The molecule has 6 nitrogen and oxygen atoms in total. The molecule has 0 saturated carbocycles. The van der Waals surface area contributed by atoms with Crippen molar-refractivity contribution >= 4 is 33.0 Å². The van der Waals surface area contributed by atoms with Gasteiger partial charge < -0.3 is 9.15 Å². The van der Waals surface area contributed by atoms with Crippen LogP contribution in [0.3, 0.4) is 0 Å². The van der Waals surface area contributed by atoms with Crippen LogP contribution in [0.1, 0.15) is 5.89 Å². The molecule has 0 bridgehead atoms. The van der Waals surface area contributed by atoms with E-state index >= 15 is 0 Å². The first-order valence-corrected chi connectivity index (χ1v) is 7.61. The van der Waals surface area contributed by atoms with Crippen molar-refractivity contribution in [2.24, 2.45) is 0 Å². The summed E-state index contributed by atoms with van der Waals surface area (Å²) in [6.45, 7) is -0.0934. The third-order valence-electron chi connectivity index (χ3n) is 2.01. The summed E-state index contributed by atoms with van der Waals surface area (Å²) < 4.78 is 32.5. The topological polar surface area (TPSA) is 82.3 Å². The SMILES string of the molecule is CS(=O)(=O)c1nnc(COc2ccc(Cl)cc2Cl)o1. The zero-order valence-electron chi connectivity index (χ0n) is 9.63. The van der Waals surface area contributed by atoms with Crippen molar-refractivity contribution in [3.05, 3.63) is 34.1 Å². The van der Waals surface area contributed by atoms with Crippen LogP contribution in [0.25, 0.3) is 0 Å². The van der Waals surface area contributed by atoms with Crippen molar-refractivity contribution in [1.29, 1.82) is 0 Å². The van der Waals surface area contributed by atoms with Gasteiger partial charge >= 0.3 is 5.22 Å². The average molecular weight is 323 g/mol. The summed E-state index contributed by atoms with van der Waals surface area (Å²) in [4.78, 5) is 0. The molecule has 1 aromatic carbocycles. The zero-order valence-corrected chi connectivity index (χ0v) is 12.0. The second-order valence-electron chi connectivity index (χ2n) is 3.60. The fraction of sp³-hybridized carbons (Fsp3) is 0.200. The molecule has 0 aliphatic carbocycles. The molecule has 0 atom stereocenters. The average Bonchev–Trinajstić information content (AvgIpc) is 2.76. The predicted molar refractivity (Wildman–Crippen MR) is 68.2 cm³/mol. The second kappa shape index (κ2) is 5.36. The molecule has 0 fully saturated rings. The van der Waals surface area contributed by atoms with Gasteiger partial charge in [0.2, 0.25) is 9.84 Å². The summed E-state index contributed by atoms with van der Waals surface area (Å²) in [5.41, 5.74) is 0. The van der Waals surface area contributed by atoms with Crippen LogP contribution < -0.4 is 4.74 Å². The highest BCUT2D eigenvalue weighted by Gasteiger charge is 2.16. The number of halogens is 2. The van der Waals surface area contributed by atoms with Gasteiger partial charge in [0.1, 0.15) is 5.75 Å². The van der Waals surface area contributed by atoms with E-state index in [0.717, 1.165) is 6.26 Å². The quantitative estimate of drug-likeness (QED) is 0.859. The summed E-state index contributed by atoms with van der Waals surface area (Å²) in [5, 5.41) is 7.31. The van der Waals surface area contributed by atoms with Crippen LogP contribution in [0.4, 0.5) is 0 Å². The Kier molecular flexibility index (Phi) is 3.98. The minimum absolute atomic E-state index is 0.0337. The van der Waals surface area contributed by atoms with E-state index in [1.165, 1.54) is 6.07 Å². The van der Waals surface area contributed by atoms with E-state index in [0.29, 0.717) is 15.8 Å². The Morgan fingerprint density at radius 3 is 2.63 bits per heavy atom. The maximum Gasteiger partial charge on any atom is 0.335 e. The molecular weight excluding hydrogens is 315 g/mol. The van der Waals surface area contributed by atoms with Crippen LogP contribution in [-0.2, 0) is 16.4 Å². The van der Waals surface area contributed by atoms with Gasteiger partial charge in [0.05, 0.1) is 5.02 Å². The van der Waals surface area contributed by atoms with E-state index < -0.39 is 15.1 Å². The van der Waals surface area contributed by atoms with Crippen LogP contribution in [0.2, 0.25) is 10.0 Å². The van der Waals surface area contributed by atoms with Crippen molar-refractivity contribution < 1.29 is 17.6 Å². The number of nitrogens with zero attached hydrogens (tertiary/aromatic N) is 2. The first-order valence-electron chi connectivity index (χ1n) is 4.96. The van der Waals surface area contributed by atoms with Gasteiger partial charge in [-0.3, -0.25) is 0 Å². The molecule has 102 valence electrons. The predicted octanol–water partition coefficient (Wildman–Crippen LogP) is 2.36. The number of sulfone groups is 1. The van der Waals surface area contributed by atoms with Crippen molar-refractivity contribution in [3.8, 4) is 5.75 Å². The Morgan fingerprint density at radius 2 is 2.05 bits per heavy atom. The standard InChI is InChI=1S/C10H8Cl2N2O4S/c1-19(15,16)10-14-13-9(18-10)5-17-8-3-2-6(11)4-7(8)12/h2-4H,5H2,1H3. The van der Waals surface area contributed by atoms with Gasteiger partial charge in [0, 0.05) is 11.3 Å². The van der Waals surface area contributed by atoms with E-state index in [9.17, 15) is 8.42 Å². The number of hydrogen-bond donors (Lipinski definition) is 0. The first kappa shape index (κ1) is 14.1. The number of ether oxygens (including phenoxy) is 1. The molecule has 0 saturated heterocycles. The number of hydrogen-bond acceptors (Lipinski definition) is 6. The van der Waals surface area contributed by atoms with Crippen molar-refractivity contribution in [2.45, 2.75) is 11.8 Å². The molecule has 2 rings (SSSR count). The molecule has 1 aromatic heterocycles. The van der Waals surface area contributed by atoms with Crippen LogP contribution in [0.15, 0.2) is 27.8 Å². The zero-order chi connectivity index (χ0) is 14.0. The fourth-order valence-electron chi connectivity index (χ4n) is 1.18. The summed E-state index contributed by atoms with van der Waals surface area (Å²) in [6, 6.07) is 4.71. The first-order chi connectivity index (χ1) is 8.86. The van der Waals surface area contributed by atoms with Gasteiger partial charge in [0.15, 0.2) is 6.61 Å². The molecular formula is C10H8Cl2N2O4S. The van der Waals surface area contributed by atoms with Crippen LogP contribution in [-0.4, -0.2) is 24.9 Å². The molecule has 1 heterocycles. The largest absolute Gasteiger partial charge is 0.482 e. The summed E-state index contributed by atoms with van der Waals surface area (Å²) in [6.07, 6.45) is 0.973. The molecule has 0 amide bonds. The van der Waals surface area contributed by atoms with Crippen LogP contribution in [0, 0.1) is 0 Å². The third kappa shape index (κ3) is 3.59. The normalized spacial score (nSPS) is 11.5. The Labute approximate surface area is 119 Å². The molecule has 0 aliphatic heterocycles. The van der Waals surface area contributed by atoms with Gasteiger partial charge in [-0.25, -0.2) is 8.42 Å². The highest BCUT2D eigenvalue weighted by molar-refractivity contribution is 7.90. The van der Waals surface area contributed by atoms with E-state index in [2.05, 4.69) is 10.2 Å². The highest BCUT2D eigenvalue weighted by Crippen LogP contribution is 2.28. The van der Waals surface area contributed by atoms with Crippen molar-refractivity contribution in [3.63, 3.8) is 0 Å². The Morgan fingerprint density at radius 1 is 1.32 bits per heavy atom. The lowest BCUT2D eigenvalue weighted by atomic mass is 10.3. The lowest BCUT2D eigenvalue weighted by Crippen LogP contribution is -1.97. The molecule has 19 heavy (non-hydrogen) atoms. The van der Waals surface area contributed by atoms with Gasteiger partial charge in [-0.15, -0.1) is 5.10 Å². The number of aromatic nitrogens is 2. The Balaban J connectivity index is 2.09. The van der Waals surface area contributed by atoms with E-state index in [-0.39, 0.29) is 12.5 Å². The van der Waals surface area contributed by atoms with Gasteiger partial charge in [0.25, 0.3) is 5.89 Å². The van der Waals surface area contributed by atoms with E-state index in [4.69, 9.17) is 32.4 Å². The van der Waals surface area contributed by atoms with Crippen LogP contribution in [0.5, 0.6) is 5.75 Å². The Hall–Kier alpha value is -1.31. The van der Waals surface area contributed by atoms with Gasteiger partial charge in [-0.2, -0.15) is 0 Å². The van der Waals surface area contributed by atoms with Gasteiger partial charge in [-0.05, 0) is 18.2 Å².